The van der Waals surface area contributed by atoms with Crippen LogP contribution >= 0.6 is 0 Å². The molecule has 2 aliphatic heterocycles. The van der Waals surface area contributed by atoms with E-state index in [2.05, 4.69) is 5.32 Å². The number of fused-ring (bicyclic) bond motifs is 2. The molecular weight excluding hydrogens is 584 g/mol. The van der Waals surface area contributed by atoms with Crippen LogP contribution in [0.25, 0.3) is 0 Å². The van der Waals surface area contributed by atoms with E-state index in [-0.39, 0.29) is 23.8 Å². The molecule has 0 aromatic heterocycles. The molecule has 1 N–H and O–H groups in total. The van der Waals surface area contributed by atoms with Gasteiger partial charge in [-0.3, -0.25) is 28.8 Å². The van der Waals surface area contributed by atoms with Gasteiger partial charge in [0.25, 0.3) is 17.5 Å². The van der Waals surface area contributed by atoms with Crippen LogP contribution in [0.4, 0.5) is 16.2 Å². The second kappa shape index (κ2) is 12.6. The van der Waals surface area contributed by atoms with E-state index in [4.69, 9.17) is 14.2 Å². The molecule has 2 aromatic carbocycles. The maximum absolute atomic E-state index is 12.3. The molecule has 0 fully saturated rings. The van der Waals surface area contributed by atoms with Crippen LogP contribution in [-0.4, -0.2) is 60.2 Å². The Morgan fingerprint density at radius 1 is 0.711 bits per heavy atom. The summed E-state index contributed by atoms with van der Waals surface area (Å²) in [5.41, 5.74) is -0.511. The summed E-state index contributed by atoms with van der Waals surface area (Å²) in [5.74, 6) is -3.80. The average molecular weight is 623 g/mol. The molecule has 0 radical (unpaired) electrons. The SMILES string of the molecule is CCOC(=O)C(C)(C)c1ccc2c(c1)C(=O)C(=O)N2.CCOC(=O)C(C)(C)c1ccc2c(c1)C(=O)C(=O)N2C(=O)OC(C)(C)C. The van der Waals surface area contributed by atoms with E-state index in [9.17, 15) is 33.6 Å². The van der Waals surface area contributed by atoms with Crippen LogP contribution < -0.4 is 10.2 Å². The average Bonchev–Trinajstić information content (AvgIpc) is 3.38. The third-order valence-corrected chi connectivity index (χ3v) is 7.19. The first-order chi connectivity index (χ1) is 20.8. The van der Waals surface area contributed by atoms with Crippen molar-refractivity contribution in [3.8, 4) is 0 Å². The van der Waals surface area contributed by atoms with Gasteiger partial charge in [-0.1, -0.05) is 12.1 Å². The highest BCUT2D eigenvalue weighted by Gasteiger charge is 2.43. The quantitative estimate of drug-likeness (QED) is 0.272. The summed E-state index contributed by atoms with van der Waals surface area (Å²) < 4.78 is 15.3. The molecule has 0 aliphatic carbocycles. The second-order valence-corrected chi connectivity index (χ2v) is 12.4. The molecule has 12 heteroatoms. The number of hydrogen-bond acceptors (Lipinski definition) is 10. The first-order valence-electron chi connectivity index (χ1n) is 14.4. The van der Waals surface area contributed by atoms with Gasteiger partial charge in [0.15, 0.2) is 0 Å². The lowest BCUT2D eigenvalue weighted by molar-refractivity contribution is -0.149. The zero-order valence-electron chi connectivity index (χ0n) is 26.9. The van der Waals surface area contributed by atoms with Crippen molar-refractivity contribution in [2.75, 3.05) is 23.4 Å². The molecule has 2 aliphatic rings. The van der Waals surface area contributed by atoms with Crippen molar-refractivity contribution in [3.63, 3.8) is 0 Å². The number of rotatable bonds is 6. The van der Waals surface area contributed by atoms with Crippen LogP contribution in [0.15, 0.2) is 36.4 Å². The minimum absolute atomic E-state index is 0.0655. The van der Waals surface area contributed by atoms with Crippen molar-refractivity contribution in [2.45, 2.75) is 78.7 Å². The summed E-state index contributed by atoms with van der Waals surface area (Å²) in [4.78, 5) is 84.7. The highest BCUT2D eigenvalue weighted by atomic mass is 16.6. The molecule has 0 atom stereocenters. The lowest BCUT2D eigenvalue weighted by Gasteiger charge is -2.25. The van der Waals surface area contributed by atoms with E-state index in [1.54, 1.807) is 86.6 Å². The second-order valence-electron chi connectivity index (χ2n) is 12.4. The lowest BCUT2D eigenvalue weighted by Crippen LogP contribution is -2.40. The van der Waals surface area contributed by atoms with Crippen molar-refractivity contribution in [1.82, 2.24) is 0 Å². The van der Waals surface area contributed by atoms with Crippen LogP contribution in [0, 0.1) is 0 Å². The fraction of sp³-hybridized carbons (Fsp3) is 0.424. The minimum atomic E-state index is -1.01. The number of carbonyl (C=O) groups is 7. The van der Waals surface area contributed by atoms with E-state index in [1.807, 2.05) is 0 Å². The van der Waals surface area contributed by atoms with Gasteiger partial charge in [0.05, 0.1) is 46.5 Å². The molecule has 0 spiro atoms. The Hall–Kier alpha value is -4.87. The highest BCUT2D eigenvalue weighted by Crippen LogP contribution is 2.35. The molecule has 0 saturated heterocycles. The zero-order chi connectivity index (χ0) is 34.1. The molecule has 0 bridgehead atoms. The van der Waals surface area contributed by atoms with Gasteiger partial charge in [-0.25, -0.2) is 9.69 Å². The Bertz CT molecular complexity index is 1600. The number of benzene rings is 2. The number of nitrogens with one attached hydrogen (secondary N) is 1. The van der Waals surface area contributed by atoms with Crippen LogP contribution in [0.3, 0.4) is 0 Å². The monoisotopic (exact) mass is 622 g/mol. The van der Waals surface area contributed by atoms with Crippen molar-refractivity contribution in [3.05, 3.63) is 58.7 Å². The molecule has 240 valence electrons. The normalized spacial score (nSPS) is 14.2. The van der Waals surface area contributed by atoms with Gasteiger partial charge in [0.1, 0.15) is 5.60 Å². The molecule has 2 aromatic rings. The Kier molecular flexibility index (Phi) is 9.71. The van der Waals surface area contributed by atoms with E-state index in [1.165, 1.54) is 12.1 Å². The summed E-state index contributed by atoms with van der Waals surface area (Å²) in [6, 6.07) is 9.45. The number of ether oxygens (including phenoxy) is 3. The van der Waals surface area contributed by atoms with Crippen LogP contribution in [0.1, 0.15) is 94.2 Å². The predicted molar refractivity (Wildman–Crippen MR) is 163 cm³/mol. The van der Waals surface area contributed by atoms with Crippen LogP contribution in [0.5, 0.6) is 0 Å². The number of ketones is 2. The van der Waals surface area contributed by atoms with Crippen LogP contribution in [0.2, 0.25) is 0 Å². The van der Waals surface area contributed by atoms with E-state index >= 15 is 0 Å². The van der Waals surface area contributed by atoms with Gasteiger partial charge in [-0.15, -0.1) is 0 Å². The topological polar surface area (TPSA) is 162 Å². The highest BCUT2D eigenvalue weighted by molar-refractivity contribution is 6.56. The predicted octanol–water partition coefficient (Wildman–Crippen LogP) is 4.65. The van der Waals surface area contributed by atoms with E-state index in [0.29, 0.717) is 29.0 Å². The number of hydrogen-bond donors (Lipinski definition) is 1. The van der Waals surface area contributed by atoms with Crippen molar-refractivity contribution in [1.29, 1.82) is 0 Å². The summed E-state index contributed by atoms with van der Waals surface area (Å²) in [7, 11) is 0. The molecule has 4 rings (SSSR count). The summed E-state index contributed by atoms with van der Waals surface area (Å²) in [6.45, 7) is 15.8. The van der Waals surface area contributed by atoms with Gasteiger partial charge in [-0.2, -0.15) is 0 Å². The van der Waals surface area contributed by atoms with Gasteiger partial charge in [-0.05, 0) is 97.7 Å². The van der Waals surface area contributed by atoms with Crippen molar-refractivity contribution >= 4 is 52.8 Å². The summed E-state index contributed by atoms with van der Waals surface area (Å²) >= 11 is 0. The minimum Gasteiger partial charge on any atom is -0.465 e. The first kappa shape index (κ1) is 34.6. The largest absolute Gasteiger partial charge is 0.465 e. The number of amides is 3. The molecule has 0 saturated carbocycles. The van der Waals surface area contributed by atoms with E-state index in [0.717, 1.165) is 4.90 Å². The number of anilines is 2. The van der Waals surface area contributed by atoms with Gasteiger partial charge < -0.3 is 19.5 Å². The summed E-state index contributed by atoms with van der Waals surface area (Å²) in [5, 5.41) is 2.48. The standard InChI is InChI=1S/C19H23NO6.C14H15NO4/c1-7-25-16(23)19(5,6)11-8-9-13-12(10-11)14(21)15(22)20(13)17(24)26-18(2,3)4;1-4-19-13(18)14(2,3)8-5-6-10-9(7-8)11(16)12(17)15-10/h8-10H,7H2,1-6H3;5-7H,4H2,1-3H3,(H,15,16,17). The third-order valence-electron chi connectivity index (χ3n) is 7.19. The molecular formula is C33H38N2O10. The maximum Gasteiger partial charge on any atom is 0.422 e. The molecule has 45 heavy (non-hydrogen) atoms. The van der Waals surface area contributed by atoms with Gasteiger partial charge in [0, 0.05) is 0 Å². The van der Waals surface area contributed by atoms with E-state index < -0.39 is 51.9 Å². The third kappa shape index (κ3) is 6.95. The maximum atomic E-state index is 12.3. The zero-order valence-corrected chi connectivity index (χ0v) is 26.9. The fourth-order valence-electron chi connectivity index (χ4n) is 4.51. The molecule has 12 nitrogen and oxygen atoms in total. The molecule has 0 unspecified atom stereocenters. The number of carbonyl (C=O) groups excluding carboxylic acids is 7. The molecule has 3 amide bonds. The van der Waals surface area contributed by atoms with Crippen molar-refractivity contribution < 1.29 is 47.8 Å². The van der Waals surface area contributed by atoms with Crippen LogP contribution in [-0.2, 0) is 44.2 Å². The Labute approximate surface area is 261 Å². The fourth-order valence-corrected chi connectivity index (χ4v) is 4.51. The summed E-state index contributed by atoms with van der Waals surface area (Å²) in [6.07, 6.45) is -0.910. The Balaban J connectivity index is 0.000000257. The Morgan fingerprint density at radius 3 is 1.69 bits per heavy atom. The number of imide groups is 1. The first-order valence-corrected chi connectivity index (χ1v) is 14.4. The lowest BCUT2D eigenvalue weighted by atomic mass is 9.83. The molecule has 2 heterocycles. The smallest absolute Gasteiger partial charge is 0.422 e. The number of esters is 2. The van der Waals surface area contributed by atoms with Crippen molar-refractivity contribution in [2.24, 2.45) is 0 Å². The Morgan fingerprint density at radius 2 is 1.20 bits per heavy atom. The number of nitrogens with zero attached hydrogens (tertiary/aromatic N) is 1. The number of Topliss-reactive ketones (excluding diaryl/α,β-unsaturated/α-hetero) is 2. The van der Waals surface area contributed by atoms with Gasteiger partial charge >= 0.3 is 23.9 Å². The van der Waals surface area contributed by atoms with Gasteiger partial charge in [0.2, 0.25) is 0 Å².